The Labute approximate surface area is 76.3 Å². The normalized spacial score (nSPS) is 19.9. The minimum atomic E-state index is -0.825. The third-order valence-corrected chi connectivity index (χ3v) is 2.14. The van der Waals surface area contributed by atoms with E-state index in [0.717, 1.165) is 0 Å². The molecule has 1 rings (SSSR count). The molecule has 0 aromatic heterocycles. The summed E-state index contributed by atoms with van der Waals surface area (Å²) in [6.07, 6.45) is 0.240. The van der Waals surface area contributed by atoms with E-state index < -0.39 is 11.6 Å². The summed E-state index contributed by atoms with van der Waals surface area (Å²) in [5.74, 6) is -0.310. The maximum atomic E-state index is 11.2. The van der Waals surface area contributed by atoms with Crippen molar-refractivity contribution < 1.29 is 9.59 Å². The molecule has 0 radical (unpaired) electrons. The fraction of sp³-hybridized carbons (Fsp3) is 0.625. The van der Waals surface area contributed by atoms with Crippen LogP contribution in [0.5, 0.6) is 0 Å². The Kier molecular flexibility index (Phi) is 2.24. The SMILES string of the molecule is CC1(C)C(=O)NC(=O)N1CCC#N. The van der Waals surface area contributed by atoms with E-state index in [9.17, 15) is 9.59 Å². The van der Waals surface area contributed by atoms with Gasteiger partial charge in [0.05, 0.1) is 12.5 Å². The van der Waals surface area contributed by atoms with Gasteiger partial charge < -0.3 is 4.90 Å². The van der Waals surface area contributed by atoms with Gasteiger partial charge in [0.2, 0.25) is 0 Å². The van der Waals surface area contributed by atoms with Crippen LogP contribution < -0.4 is 5.32 Å². The lowest BCUT2D eigenvalue weighted by Crippen LogP contribution is -2.44. The van der Waals surface area contributed by atoms with Crippen LogP contribution in [0.2, 0.25) is 0 Å². The van der Waals surface area contributed by atoms with E-state index in [1.165, 1.54) is 4.90 Å². The van der Waals surface area contributed by atoms with Crippen molar-refractivity contribution in [2.45, 2.75) is 25.8 Å². The van der Waals surface area contributed by atoms with Gasteiger partial charge in [-0.2, -0.15) is 5.26 Å². The number of urea groups is 1. The highest BCUT2D eigenvalue weighted by molar-refractivity contribution is 6.06. The number of imide groups is 1. The van der Waals surface area contributed by atoms with Crippen molar-refractivity contribution >= 4 is 11.9 Å². The Balaban J connectivity index is 2.78. The number of hydrogen-bond acceptors (Lipinski definition) is 3. The number of hydrogen-bond donors (Lipinski definition) is 1. The highest BCUT2D eigenvalue weighted by Crippen LogP contribution is 2.20. The highest BCUT2D eigenvalue weighted by atomic mass is 16.2. The van der Waals surface area contributed by atoms with Gasteiger partial charge in [0.1, 0.15) is 5.54 Å². The van der Waals surface area contributed by atoms with Crippen LogP contribution >= 0.6 is 0 Å². The van der Waals surface area contributed by atoms with Crippen molar-refractivity contribution in [2.75, 3.05) is 6.54 Å². The molecule has 3 amide bonds. The smallest absolute Gasteiger partial charge is 0.309 e. The molecule has 0 bridgehead atoms. The summed E-state index contributed by atoms with van der Waals surface area (Å²) in [7, 11) is 0. The Morgan fingerprint density at radius 1 is 1.54 bits per heavy atom. The summed E-state index contributed by atoms with van der Waals surface area (Å²) in [5.41, 5.74) is -0.825. The van der Waals surface area contributed by atoms with Crippen LogP contribution in [0.15, 0.2) is 0 Å². The number of rotatable bonds is 2. The molecule has 1 fully saturated rings. The van der Waals surface area contributed by atoms with E-state index >= 15 is 0 Å². The van der Waals surface area contributed by atoms with Crippen molar-refractivity contribution in [1.29, 1.82) is 5.26 Å². The molecule has 5 heteroatoms. The van der Waals surface area contributed by atoms with Crippen LogP contribution in [0.4, 0.5) is 4.79 Å². The molecule has 1 heterocycles. The predicted molar refractivity (Wildman–Crippen MR) is 44.6 cm³/mol. The van der Waals surface area contributed by atoms with Gasteiger partial charge in [0, 0.05) is 6.54 Å². The van der Waals surface area contributed by atoms with Gasteiger partial charge in [-0.05, 0) is 13.8 Å². The molecule has 1 saturated heterocycles. The van der Waals surface area contributed by atoms with E-state index in [4.69, 9.17) is 5.26 Å². The fourth-order valence-corrected chi connectivity index (χ4v) is 1.24. The molecule has 0 aliphatic carbocycles. The first-order chi connectivity index (χ1) is 6.00. The minimum absolute atomic E-state index is 0.240. The summed E-state index contributed by atoms with van der Waals surface area (Å²) in [6.45, 7) is 3.61. The van der Waals surface area contributed by atoms with Gasteiger partial charge in [-0.3, -0.25) is 10.1 Å². The fourth-order valence-electron chi connectivity index (χ4n) is 1.24. The predicted octanol–water partition coefficient (Wildman–Crippen LogP) is 0.230. The van der Waals surface area contributed by atoms with E-state index in [1.54, 1.807) is 13.8 Å². The van der Waals surface area contributed by atoms with Gasteiger partial charge in [-0.15, -0.1) is 0 Å². The Morgan fingerprint density at radius 3 is 2.54 bits per heavy atom. The van der Waals surface area contributed by atoms with Crippen molar-refractivity contribution in [1.82, 2.24) is 10.2 Å². The molecule has 1 aliphatic rings. The zero-order valence-electron chi connectivity index (χ0n) is 7.63. The van der Waals surface area contributed by atoms with Crippen LogP contribution in [0.25, 0.3) is 0 Å². The van der Waals surface area contributed by atoms with Gasteiger partial charge in [-0.1, -0.05) is 0 Å². The van der Waals surface area contributed by atoms with Crippen molar-refractivity contribution in [3.8, 4) is 6.07 Å². The van der Waals surface area contributed by atoms with Crippen LogP contribution in [0.3, 0.4) is 0 Å². The molecule has 0 aromatic rings. The Bertz CT molecular complexity index is 290. The topological polar surface area (TPSA) is 73.2 Å². The molecular weight excluding hydrogens is 170 g/mol. The lowest BCUT2D eigenvalue weighted by molar-refractivity contribution is -0.125. The molecular formula is C8H11N3O2. The maximum Gasteiger partial charge on any atom is 0.325 e. The van der Waals surface area contributed by atoms with Gasteiger partial charge in [0.25, 0.3) is 5.91 Å². The molecule has 5 nitrogen and oxygen atoms in total. The first-order valence-electron chi connectivity index (χ1n) is 4.00. The largest absolute Gasteiger partial charge is 0.325 e. The number of nitrogens with one attached hydrogen (secondary N) is 1. The zero-order chi connectivity index (χ0) is 10.1. The second kappa shape index (κ2) is 3.05. The molecule has 70 valence electrons. The summed E-state index contributed by atoms with van der Waals surface area (Å²) < 4.78 is 0. The monoisotopic (exact) mass is 181 g/mol. The van der Waals surface area contributed by atoms with Crippen LogP contribution in [-0.2, 0) is 4.79 Å². The number of nitrogens with zero attached hydrogens (tertiary/aromatic N) is 2. The van der Waals surface area contributed by atoms with Crippen molar-refractivity contribution in [3.05, 3.63) is 0 Å². The van der Waals surface area contributed by atoms with Crippen molar-refractivity contribution in [3.63, 3.8) is 0 Å². The van der Waals surface area contributed by atoms with Gasteiger partial charge >= 0.3 is 6.03 Å². The summed E-state index contributed by atoms with van der Waals surface area (Å²) in [6, 6.07) is 1.52. The molecule has 13 heavy (non-hydrogen) atoms. The lowest BCUT2D eigenvalue weighted by Gasteiger charge is -2.26. The second-order valence-electron chi connectivity index (χ2n) is 3.38. The maximum absolute atomic E-state index is 11.2. The summed E-state index contributed by atoms with van der Waals surface area (Å²) in [5, 5.41) is 10.6. The third kappa shape index (κ3) is 1.47. The number of amides is 3. The Hall–Kier alpha value is -1.57. The summed E-state index contributed by atoms with van der Waals surface area (Å²) in [4.78, 5) is 23.8. The van der Waals surface area contributed by atoms with Gasteiger partial charge in [0.15, 0.2) is 0 Å². The molecule has 0 atom stereocenters. The minimum Gasteiger partial charge on any atom is -0.309 e. The molecule has 0 spiro atoms. The standard InChI is InChI=1S/C8H11N3O2/c1-8(2)6(12)10-7(13)11(8)5-3-4-9/h3,5H2,1-2H3,(H,10,12,13). The van der Waals surface area contributed by atoms with Crippen LogP contribution in [0.1, 0.15) is 20.3 Å². The van der Waals surface area contributed by atoms with E-state index in [0.29, 0.717) is 6.54 Å². The molecule has 1 N–H and O–H groups in total. The molecule has 1 aliphatic heterocycles. The van der Waals surface area contributed by atoms with Crippen molar-refractivity contribution in [2.24, 2.45) is 0 Å². The van der Waals surface area contributed by atoms with E-state index in [2.05, 4.69) is 5.32 Å². The molecule has 0 saturated carbocycles. The first kappa shape index (κ1) is 9.52. The van der Waals surface area contributed by atoms with E-state index in [-0.39, 0.29) is 12.3 Å². The van der Waals surface area contributed by atoms with E-state index in [1.807, 2.05) is 6.07 Å². The van der Waals surface area contributed by atoms with Crippen LogP contribution in [0, 0.1) is 11.3 Å². The average Bonchev–Trinajstić information content (AvgIpc) is 2.21. The zero-order valence-corrected chi connectivity index (χ0v) is 7.63. The van der Waals surface area contributed by atoms with Gasteiger partial charge in [-0.25, -0.2) is 4.79 Å². The molecule has 0 unspecified atom stereocenters. The highest BCUT2D eigenvalue weighted by Gasteiger charge is 2.44. The van der Waals surface area contributed by atoms with Crippen LogP contribution in [-0.4, -0.2) is 28.9 Å². The number of nitriles is 1. The second-order valence-corrected chi connectivity index (χ2v) is 3.38. The number of carbonyl (C=O) groups excluding carboxylic acids is 2. The Morgan fingerprint density at radius 2 is 2.15 bits per heavy atom. The third-order valence-electron chi connectivity index (χ3n) is 2.14. The average molecular weight is 181 g/mol. The molecule has 0 aromatic carbocycles. The number of carbonyl (C=O) groups is 2. The summed E-state index contributed by atoms with van der Waals surface area (Å²) >= 11 is 0. The first-order valence-corrected chi connectivity index (χ1v) is 4.00. The lowest BCUT2D eigenvalue weighted by atomic mass is 10.0. The quantitative estimate of drug-likeness (QED) is 0.620.